The Bertz CT molecular complexity index is 1610. The Morgan fingerprint density at radius 3 is 2.05 bits per heavy atom. The molecule has 0 amide bonds. The van der Waals surface area contributed by atoms with E-state index < -0.39 is 111 Å². The minimum atomic E-state index is -1.82. The molecule has 1 spiro atoms. The van der Waals surface area contributed by atoms with Crippen LogP contribution in [0, 0.1) is 46.3 Å². The van der Waals surface area contributed by atoms with E-state index in [0.29, 0.717) is 48.3 Å². The molecule has 8 fully saturated rings. The predicted molar refractivity (Wildman–Crippen MR) is 214 cm³/mol. The second-order valence-corrected chi connectivity index (χ2v) is 21.1. The molecule has 354 valence electrons. The summed E-state index contributed by atoms with van der Waals surface area (Å²) in [5.74, 6) is 2.56. The second-order valence-electron chi connectivity index (χ2n) is 21.1. The Kier molecular flexibility index (Phi) is 12.9. The molecule has 17 heteroatoms. The van der Waals surface area contributed by atoms with Gasteiger partial charge in [0.25, 0.3) is 0 Å². The van der Waals surface area contributed by atoms with Gasteiger partial charge in [0, 0.05) is 12.3 Å². The molecule has 0 bridgehead atoms. The number of aliphatic hydroxyl groups excluding tert-OH is 9. The molecule has 0 aromatic heterocycles. The first-order chi connectivity index (χ1) is 29.4. The van der Waals surface area contributed by atoms with Gasteiger partial charge in [-0.25, -0.2) is 0 Å². The van der Waals surface area contributed by atoms with Crippen molar-refractivity contribution in [1.82, 2.24) is 0 Å². The topological polar surface area (TPSA) is 256 Å². The van der Waals surface area contributed by atoms with Crippen molar-refractivity contribution < 1.29 is 83.9 Å². The molecule has 62 heavy (non-hydrogen) atoms. The third-order valence-electron chi connectivity index (χ3n) is 17.7. The van der Waals surface area contributed by atoms with Crippen molar-refractivity contribution in [3.05, 3.63) is 11.6 Å². The minimum Gasteiger partial charge on any atom is -0.394 e. The normalized spacial score (nSPS) is 57.6. The zero-order valence-electron chi connectivity index (χ0n) is 36.6. The number of ether oxygens (including phenoxy) is 8. The van der Waals surface area contributed by atoms with Crippen molar-refractivity contribution in [3.63, 3.8) is 0 Å². The molecule has 5 heterocycles. The lowest BCUT2D eigenvalue weighted by Gasteiger charge is -2.58. The summed E-state index contributed by atoms with van der Waals surface area (Å²) in [6.45, 7) is 10.4. The van der Waals surface area contributed by atoms with E-state index in [0.717, 1.165) is 51.6 Å². The van der Waals surface area contributed by atoms with Gasteiger partial charge in [0.1, 0.15) is 67.1 Å². The second kappa shape index (κ2) is 17.3. The van der Waals surface area contributed by atoms with Crippen molar-refractivity contribution in [2.24, 2.45) is 46.3 Å². The largest absolute Gasteiger partial charge is 0.394 e. The molecule has 0 aromatic carbocycles. The number of allylic oxidation sites excluding steroid dienone is 1. The lowest BCUT2D eigenvalue weighted by Crippen LogP contribution is -2.67. The van der Waals surface area contributed by atoms with Crippen LogP contribution in [0.2, 0.25) is 0 Å². The summed E-state index contributed by atoms with van der Waals surface area (Å²) in [5, 5.41) is 95.7. The molecule has 9 rings (SSSR count). The Morgan fingerprint density at radius 1 is 0.677 bits per heavy atom. The van der Waals surface area contributed by atoms with Gasteiger partial charge in [0.05, 0.1) is 38.1 Å². The molecule has 0 unspecified atom stereocenters. The lowest BCUT2D eigenvalue weighted by molar-refractivity contribution is -0.389. The van der Waals surface area contributed by atoms with E-state index in [1.54, 1.807) is 0 Å². The van der Waals surface area contributed by atoms with Crippen LogP contribution < -0.4 is 0 Å². The number of aliphatic hydroxyl groups is 9. The van der Waals surface area contributed by atoms with Gasteiger partial charge >= 0.3 is 0 Å². The summed E-state index contributed by atoms with van der Waals surface area (Å²) < 4.78 is 49.9. The molecular formula is C45H72O17. The van der Waals surface area contributed by atoms with Gasteiger partial charge in [0.2, 0.25) is 0 Å². The number of hydrogen-bond acceptors (Lipinski definition) is 17. The highest BCUT2D eigenvalue weighted by molar-refractivity contribution is 5.26. The molecule has 26 atom stereocenters. The summed E-state index contributed by atoms with van der Waals surface area (Å²) >= 11 is 0. The van der Waals surface area contributed by atoms with Gasteiger partial charge in [-0.1, -0.05) is 39.3 Å². The quantitative estimate of drug-likeness (QED) is 0.148. The maximum absolute atomic E-state index is 12.0. The van der Waals surface area contributed by atoms with Crippen molar-refractivity contribution in [3.8, 4) is 0 Å². The van der Waals surface area contributed by atoms with Gasteiger partial charge in [-0.2, -0.15) is 0 Å². The van der Waals surface area contributed by atoms with Crippen LogP contribution in [0.3, 0.4) is 0 Å². The Labute approximate surface area is 363 Å². The molecule has 3 saturated carbocycles. The zero-order valence-corrected chi connectivity index (χ0v) is 36.6. The fourth-order valence-corrected chi connectivity index (χ4v) is 14.0. The smallest absolute Gasteiger partial charge is 0.187 e. The average molecular weight is 885 g/mol. The van der Waals surface area contributed by atoms with Gasteiger partial charge in [0.15, 0.2) is 24.7 Å². The molecule has 0 radical (unpaired) electrons. The standard InChI is InChI=1S/C45H72O17/c1-19-8-13-45(55-18-19)20(2)30-27(62-45)15-26-24-7-6-22-14-23(9-11-43(22,4)25(24)10-12-44(26,30)5)57-42-39(61-40-35(52)33(50)31(48)21(3)56-40)37(54)38(29(17-47)59-42)60-41-36(53)34(51)32(49)28(16-46)58-41/h6,19-21,23-42,46-54H,7-18H2,1-5H3/t19-,20+,21+,23+,24+,25-,26+,27-,28-,29-,30-,31+,32-,33-,34+,35-,36-,37+,38-,39-,40+,41+,42-,43+,44+,45-/m1/s1. The first kappa shape index (κ1) is 46.2. The van der Waals surface area contributed by atoms with E-state index in [-0.39, 0.29) is 23.0 Å². The zero-order chi connectivity index (χ0) is 44.2. The molecule has 9 aliphatic rings. The van der Waals surface area contributed by atoms with E-state index in [2.05, 4.69) is 33.8 Å². The summed E-state index contributed by atoms with van der Waals surface area (Å²) in [4.78, 5) is 0. The van der Waals surface area contributed by atoms with Gasteiger partial charge in [-0.3, -0.25) is 0 Å². The van der Waals surface area contributed by atoms with Crippen LogP contribution in [0.25, 0.3) is 0 Å². The molecule has 9 N–H and O–H groups in total. The monoisotopic (exact) mass is 884 g/mol. The van der Waals surface area contributed by atoms with Crippen LogP contribution in [0.1, 0.15) is 92.4 Å². The Hall–Kier alpha value is -0.940. The predicted octanol–water partition coefficient (Wildman–Crippen LogP) is 0.214. The van der Waals surface area contributed by atoms with Crippen molar-refractivity contribution in [1.29, 1.82) is 0 Å². The molecule has 5 saturated heterocycles. The fourth-order valence-electron chi connectivity index (χ4n) is 14.0. The molecule has 0 aromatic rings. The average Bonchev–Trinajstić information content (AvgIpc) is 3.70. The SMILES string of the molecule is C[C@@H]1CC[C@@]2(OC1)O[C@@H]1C[C@H]3[C@H]4CC=C5C[C@@H](O[C@@H]6O[C@H](CO)[C@@H](O[C@@H]7O[C@H](CO)[C@@H](O)[C@H](O)[C@H]7O)[C@H](O)[C@H]6O[C@@H]6O[C@@H](C)[C@H](O)[C@@H](O)[C@H]6O)CC[C@]5(C)[C@@H]4CC[C@]3(C)[C@@H]1[C@@H]2C. The highest BCUT2D eigenvalue weighted by Crippen LogP contribution is 2.70. The summed E-state index contributed by atoms with van der Waals surface area (Å²) in [7, 11) is 0. The minimum absolute atomic E-state index is 0.0356. The van der Waals surface area contributed by atoms with E-state index in [1.807, 2.05) is 0 Å². The Balaban J connectivity index is 0.917. The van der Waals surface area contributed by atoms with Crippen LogP contribution in [-0.2, 0) is 37.9 Å². The van der Waals surface area contributed by atoms with Crippen LogP contribution in [0.4, 0.5) is 0 Å². The number of hydrogen-bond donors (Lipinski definition) is 9. The molecule has 17 nitrogen and oxygen atoms in total. The van der Waals surface area contributed by atoms with Crippen LogP contribution in [0.5, 0.6) is 0 Å². The first-order valence-corrected chi connectivity index (χ1v) is 23.4. The molecule has 5 aliphatic heterocycles. The van der Waals surface area contributed by atoms with E-state index in [9.17, 15) is 46.0 Å². The highest BCUT2D eigenvalue weighted by atomic mass is 16.8. The maximum Gasteiger partial charge on any atom is 0.187 e. The number of fused-ring (bicyclic) bond motifs is 7. The van der Waals surface area contributed by atoms with E-state index in [1.165, 1.54) is 12.5 Å². The fraction of sp³-hybridized carbons (Fsp3) is 0.956. The van der Waals surface area contributed by atoms with Crippen molar-refractivity contribution >= 4 is 0 Å². The van der Waals surface area contributed by atoms with Gasteiger partial charge in [-0.05, 0) is 98.7 Å². The van der Waals surface area contributed by atoms with Crippen LogP contribution >= 0.6 is 0 Å². The Morgan fingerprint density at radius 2 is 1.35 bits per heavy atom. The summed E-state index contributed by atoms with van der Waals surface area (Å²) in [6.07, 6.45) is -12.0. The first-order valence-electron chi connectivity index (χ1n) is 23.4. The maximum atomic E-state index is 12.0. The summed E-state index contributed by atoms with van der Waals surface area (Å²) in [5.41, 5.74) is 1.48. The van der Waals surface area contributed by atoms with E-state index >= 15 is 0 Å². The number of rotatable bonds is 8. The van der Waals surface area contributed by atoms with Crippen LogP contribution in [-0.4, -0.2) is 176 Å². The van der Waals surface area contributed by atoms with Crippen molar-refractivity contribution in [2.75, 3.05) is 19.8 Å². The lowest BCUT2D eigenvalue weighted by atomic mass is 9.47. The summed E-state index contributed by atoms with van der Waals surface area (Å²) in [6, 6.07) is 0. The van der Waals surface area contributed by atoms with Gasteiger partial charge in [-0.15, -0.1) is 0 Å². The van der Waals surface area contributed by atoms with Gasteiger partial charge < -0.3 is 83.9 Å². The third kappa shape index (κ3) is 7.49. The molecular weight excluding hydrogens is 812 g/mol. The molecule has 4 aliphatic carbocycles. The third-order valence-corrected chi connectivity index (χ3v) is 17.7. The van der Waals surface area contributed by atoms with Crippen LogP contribution in [0.15, 0.2) is 11.6 Å². The highest BCUT2D eigenvalue weighted by Gasteiger charge is 2.69. The van der Waals surface area contributed by atoms with E-state index in [4.69, 9.17) is 37.9 Å². The van der Waals surface area contributed by atoms with Crippen molar-refractivity contribution in [2.45, 2.75) is 203 Å².